The number of thiophene rings is 1. The summed E-state index contributed by atoms with van der Waals surface area (Å²) < 4.78 is 26.8. The third-order valence-corrected chi connectivity index (χ3v) is 6.95. The second kappa shape index (κ2) is 6.87. The summed E-state index contributed by atoms with van der Waals surface area (Å²) in [6.45, 7) is 1.17. The molecule has 0 atom stereocenters. The van der Waals surface area contributed by atoms with Gasteiger partial charge in [-0.05, 0) is 25.0 Å². The minimum atomic E-state index is -3.41. The Bertz CT molecular complexity index is 591. The van der Waals surface area contributed by atoms with E-state index >= 15 is 0 Å². The average Bonchev–Trinajstić information content (AvgIpc) is 2.96. The van der Waals surface area contributed by atoms with Crippen molar-refractivity contribution in [1.29, 1.82) is 0 Å². The van der Waals surface area contributed by atoms with Crippen molar-refractivity contribution in [3.63, 3.8) is 0 Å². The first-order valence-corrected chi connectivity index (χ1v) is 9.10. The highest BCUT2D eigenvalue weighted by molar-refractivity contribution is 7.91. The molecule has 2 rings (SSSR count). The lowest BCUT2D eigenvalue weighted by molar-refractivity contribution is -0.167. The Kier molecular flexibility index (Phi) is 5.37. The second-order valence-electron chi connectivity index (χ2n) is 4.94. The molecule has 1 aliphatic rings. The molecule has 8 heteroatoms. The molecule has 1 amide bonds. The quantitative estimate of drug-likeness (QED) is 0.766. The van der Waals surface area contributed by atoms with Crippen LogP contribution in [-0.4, -0.2) is 50.9 Å². The maximum Gasteiger partial charge on any atom is 0.252 e. The number of piperidine rings is 1. The van der Waals surface area contributed by atoms with E-state index in [2.05, 4.69) is 0 Å². The summed E-state index contributed by atoms with van der Waals surface area (Å²) in [7, 11) is -0.463. The Hall–Kier alpha value is -0.960. The van der Waals surface area contributed by atoms with Crippen molar-refractivity contribution < 1.29 is 18.0 Å². The monoisotopic (exact) mass is 332 g/mol. The third kappa shape index (κ3) is 3.82. The fraction of sp³-hybridized carbons (Fsp3) is 0.615. The van der Waals surface area contributed by atoms with Crippen LogP contribution in [0.15, 0.2) is 16.3 Å². The highest BCUT2D eigenvalue weighted by Gasteiger charge is 2.27. The molecule has 0 N–H and O–H groups in total. The molecule has 1 fully saturated rings. The van der Waals surface area contributed by atoms with Crippen molar-refractivity contribution >= 4 is 27.3 Å². The zero-order valence-electron chi connectivity index (χ0n) is 12.2. The molecule has 21 heavy (non-hydrogen) atoms. The lowest BCUT2D eigenvalue weighted by Gasteiger charge is -2.25. The smallest absolute Gasteiger partial charge is 0.252 e. The summed E-state index contributed by atoms with van der Waals surface area (Å²) in [6, 6.07) is 3.28. The number of hydrogen-bond donors (Lipinski definition) is 0. The van der Waals surface area contributed by atoms with Gasteiger partial charge in [0.05, 0.1) is 13.5 Å². The second-order valence-corrected chi connectivity index (χ2v) is 8.27. The molecule has 1 aromatic rings. The van der Waals surface area contributed by atoms with Crippen LogP contribution >= 0.6 is 11.3 Å². The topological polar surface area (TPSA) is 66.9 Å². The van der Waals surface area contributed by atoms with Gasteiger partial charge in [-0.3, -0.25) is 9.63 Å². The van der Waals surface area contributed by atoms with E-state index in [1.807, 2.05) is 0 Å². The predicted octanol–water partition coefficient (Wildman–Crippen LogP) is 1.49. The summed E-state index contributed by atoms with van der Waals surface area (Å²) >= 11 is 1.16. The average molecular weight is 332 g/mol. The van der Waals surface area contributed by atoms with E-state index in [-0.39, 0.29) is 12.3 Å². The van der Waals surface area contributed by atoms with Crippen LogP contribution in [0.5, 0.6) is 0 Å². The molecule has 1 aromatic heterocycles. The van der Waals surface area contributed by atoms with Crippen LogP contribution in [0.4, 0.5) is 0 Å². The largest absolute Gasteiger partial charge is 0.275 e. The summed E-state index contributed by atoms with van der Waals surface area (Å²) in [5.41, 5.74) is 0. The first-order chi connectivity index (χ1) is 9.95. The summed E-state index contributed by atoms with van der Waals surface area (Å²) in [5.74, 6) is -0.207. The molecule has 118 valence electrons. The highest BCUT2D eigenvalue weighted by Crippen LogP contribution is 2.27. The number of amides is 1. The molecule has 0 aromatic carbocycles. The fourth-order valence-electron chi connectivity index (χ4n) is 2.19. The number of hydrogen-bond acceptors (Lipinski definition) is 5. The first kappa shape index (κ1) is 16.4. The van der Waals surface area contributed by atoms with E-state index in [1.54, 1.807) is 12.1 Å². The van der Waals surface area contributed by atoms with Crippen LogP contribution in [0.1, 0.15) is 24.1 Å². The number of carbonyl (C=O) groups is 1. The maximum absolute atomic E-state index is 12.5. The van der Waals surface area contributed by atoms with Gasteiger partial charge in [0, 0.05) is 25.0 Å². The van der Waals surface area contributed by atoms with Crippen LogP contribution in [0, 0.1) is 0 Å². The molecule has 6 nitrogen and oxygen atoms in total. The van der Waals surface area contributed by atoms with Crippen molar-refractivity contribution in [3.8, 4) is 0 Å². The SMILES string of the molecule is CON(C)C(=O)Cc1ccc(S(=O)(=O)N2CCCCC2)s1. The Morgan fingerprint density at radius 1 is 1.33 bits per heavy atom. The minimum Gasteiger partial charge on any atom is -0.275 e. The van der Waals surface area contributed by atoms with Gasteiger partial charge in [-0.1, -0.05) is 6.42 Å². The lowest BCUT2D eigenvalue weighted by Crippen LogP contribution is -2.35. The van der Waals surface area contributed by atoms with E-state index in [1.165, 1.54) is 18.5 Å². The maximum atomic E-state index is 12.5. The van der Waals surface area contributed by atoms with Gasteiger partial charge in [0.2, 0.25) is 0 Å². The molecule has 0 spiro atoms. The Balaban J connectivity index is 2.10. The number of nitrogens with zero attached hydrogens (tertiary/aromatic N) is 2. The van der Waals surface area contributed by atoms with Crippen molar-refractivity contribution in [1.82, 2.24) is 9.37 Å². The van der Waals surface area contributed by atoms with Crippen molar-refractivity contribution in [2.24, 2.45) is 0 Å². The zero-order chi connectivity index (χ0) is 15.5. The van der Waals surface area contributed by atoms with Gasteiger partial charge >= 0.3 is 0 Å². The van der Waals surface area contributed by atoms with Gasteiger partial charge in [-0.2, -0.15) is 4.31 Å². The van der Waals surface area contributed by atoms with Crippen LogP contribution < -0.4 is 0 Å². The standard InChI is InChI=1S/C13H20N2O4S2/c1-14(19-2)12(16)10-11-6-7-13(20-11)21(17,18)15-8-4-3-5-9-15/h6-7H,3-5,8-10H2,1-2H3. The number of hydroxylamine groups is 2. The van der Waals surface area contributed by atoms with Crippen molar-refractivity contribution in [2.75, 3.05) is 27.2 Å². The van der Waals surface area contributed by atoms with Gasteiger partial charge in [0.15, 0.2) is 0 Å². The molecular formula is C13H20N2O4S2. The molecule has 0 saturated carbocycles. The van der Waals surface area contributed by atoms with Crippen LogP contribution in [-0.2, 0) is 26.1 Å². The van der Waals surface area contributed by atoms with Crippen molar-refractivity contribution in [2.45, 2.75) is 29.9 Å². The minimum absolute atomic E-state index is 0.143. The predicted molar refractivity (Wildman–Crippen MR) is 80.4 cm³/mol. The lowest BCUT2D eigenvalue weighted by atomic mass is 10.2. The summed E-state index contributed by atoms with van der Waals surface area (Å²) in [4.78, 5) is 17.3. The van der Waals surface area contributed by atoms with Crippen LogP contribution in [0.2, 0.25) is 0 Å². The van der Waals surface area contributed by atoms with E-state index in [9.17, 15) is 13.2 Å². The molecule has 0 aliphatic carbocycles. The Morgan fingerprint density at radius 2 is 2.00 bits per heavy atom. The fourth-order valence-corrected chi connectivity index (χ4v) is 5.20. The number of carbonyl (C=O) groups excluding carboxylic acids is 1. The molecule has 1 aliphatic heterocycles. The number of rotatable bonds is 5. The zero-order valence-corrected chi connectivity index (χ0v) is 13.9. The van der Waals surface area contributed by atoms with Crippen LogP contribution in [0.3, 0.4) is 0 Å². The number of likely N-dealkylation sites (N-methyl/N-ethyl adjacent to an activating group) is 1. The van der Waals surface area contributed by atoms with Gasteiger partial charge in [-0.25, -0.2) is 13.5 Å². The summed E-state index contributed by atoms with van der Waals surface area (Å²) in [5, 5.41) is 1.14. The molecule has 0 unspecified atom stereocenters. The van der Waals surface area contributed by atoms with Gasteiger partial charge in [0.1, 0.15) is 4.21 Å². The Labute approximate surface area is 129 Å². The van der Waals surface area contributed by atoms with E-state index < -0.39 is 10.0 Å². The van der Waals surface area contributed by atoms with Gasteiger partial charge in [-0.15, -0.1) is 11.3 Å². The van der Waals surface area contributed by atoms with Crippen molar-refractivity contribution in [3.05, 3.63) is 17.0 Å². The normalized spacial score (nSPS) is 16.9. The van der Waals surface area contributed by atoms with Gasteiger partial charge < -0.3 is 0 Å². The molecule has 0 bridgehead atoms. The molecule has 0 radical (unpaired) electrons. The number of sulfonamides is 1. The summed E-state index contributed by atoms with van der Waals surface area (Å²) in [6.07, 6.45) is 3.05. The molecule has 2 heterocycles. The van der Waals surface area contributed by atoms with Gasteiger partial charge in [0.25, 0.3) is 15.9 Å². The third-order valence-electron chi connectivity index (χ3n) is 3.50. The van der Waals surface area contributed by atoms with E-state index in [0.29, 0.717) is 17.3 Å². The first-order valence-electron chi connectivity index (χ1n) is 6.84. The van der Waals surface area contributed by atoms with E-state index in [0.717, 1.165) is 40.5 Å². The Morgan fingerprint density at radius 3 is 2.62 bits per heavy atom. The molecule has 1 saturated heterocycles. The highest BCUT2D eigenvalue weighted by atomic mass is 32.2. The van der Waals surface area contributed by atoms with Crippen LogP contribution in [0.25, 0.3) is 0 Å². The van der Waals surface area contributed by atoms with E-state index in [4.69, 9.17) is 4.84 Å². The molecular weight excluding hydrogens is 312 g/mol.